The van der Waals surface area contributed by atoms with Gasteiger partial charge in [-0.2, -0.15) is 0 Å². The van der Waals surface area contributed by atoms with Gasteiger partial charge < -0.3 is 5.32 Å². The summed E-state index contributed by atoms with van der Waals surface area (Å²) in [5.41, 5.74) is 2.59. The number of fused-ring (bicyclic) bond motifs is 1. The van der Waals surface area contributed by atoms with Crippen molar-refractivity contribution in [1.82, 2.24) is 4.98 Å². The molecule has 0 saturated heterocycles. The summed E-state index contributed by atoms with van der Waals surface area (Å²) >= 11 is 2.25. The highest BCUT2D eigenvalue weighted by Gasteiger charge is 2.31. The molecule has 1 aliphatic rings. The van der Waals surface area contributed by atoms with Crippen LogP contribution >= 0.6 is 22.6 Å². The third-order valence-corrected chi connectivity index (χ3v) is 2.82. The summed E-state index contributed by atoms with van der Waals surface area (Å²) < 4.78 is 1.07. The summed E-state index contributed by atoms with van der Waals surface area (Å²) in [7, 11) is 0. The second-order valence-electron chi connectivity index (χ2n) is 3.77. The van der Waals surface area contributed by atoms with Crippen molar-refractivity contribution < 1.29 is 0 Å². The van der Waals surface area contributed by atoms with Gasteiger partial charge in [0.2, 0.25) is 0 Å². The van der Waals surface area contributed by atoms with Crippen LogP contribution in [0.25, 0.3) is 0 Å². The first-order valence-corrected chi connectivity index (χ1v) is 5.08. The predicted molar refractivity (Wildman–Crippen MR) is 58.5 cm³/mol. The Morgan fingerprint density at radius 3 is 3.00 bits per heavy atom. The first-order valence-electron chi connectivity index (χ1n) is 4.00. The molecule has 2 rings (SSSR count). The molecule has 0 saturated carbocycles. The summed E-state index contributed by atoms with van der Waals surface area (Å²) in [5, 5.41) is 3.35. The molecule has 1 N–H and O–H groups in total. The monoisotopic (exact) mass is 274 g/mol. The summed E-state index contributed by atoms with van der Waals surface area (Å²) in [6, 6.07) is 4.15. The second kappa shape index (κ2) is 2.58. The molecule has 0 aliphatic carbocycles. The van der Waals surface area contributed by atoms with Crippen LogP contribution in [0, 0.1) is 3.70 Å². The lowest BCUT2D eigenvalue weighted by Gasteiger charge is -2.15. The summed E-state index contributed by atoms with van der Waals surface area (Å²) in [6.07, 6.45) is 0. The highest BCUT2D eigenvalue weighted by molar-refractivity contribution is 14.1. The van der Waals surface area contributed by atoms with Crippen molar-refractivity contribution in [1.29, 1.82) is 0 Å². The zero-order valence-corrected chi connectivity index (χ0v) is 9.34. The molecule has 0 fully saturated rings. The number of hydrogen-bond acceptors (Lipinski definition) is 2. The van der Waals surface area contributed by atoms with Crippen molar-refractivity contribution in [3.8, 4) is 0 Å². The minimum Gasteiger partial charge on any atom is -0.383 e. The Bertz CT molecular complexity index is 320. The largest absolute Gasteiger partial charge is 0.383 e. The van der Waals surface area contributed by atoms with E-state index in [-0.39, 0.29) is 5.41 Å². The van der Waals surface area contributed by atoms with Crippen molar-refractivity contribution in [2.45, 2.75) is 19.3 Å². The van der Waals surface area contributed by atoms with E-state index in [1.807, 2.05) is 6.07 Å². The lowest BCUT2D eigenvalue weighted by atomic mass is 9.91. The molecule has 0 unspecified atom stereocenters. The number of nitrogens with one attached hydrogen (secondary N) is 1. The molecule has 0 amide bonds. The predicted octanol–water partition coefficient (Wildman–Crippen LogP) is 2.39. The lowest BCUT2D eigenvalue weighted by molar-refractivity contribution is 0.567. The fourth-order valence-corrected chi connectivity index (χ4v) is 1.91. The lowest BCUT2D eigenvalue weighted by Crippen LogP contribution is -2.20. The van der Waals surface area contributed by atoms with Crippen LogP contribution in [-0.2, 0) is 5.41 Å². The third-order valence-electron chi connectivity index (χ3n) is 2.22. The molecule has 1 aliphatic heterocycles. The normalized spacial score (nSPS) is 18.6. The van der Waals surface area contributed by atoms with Gasteiger partial charge in [0.05, 0.1) is 11.4 Å². The average Bonchev–Trinajstić information content (AvgIpc) is 2.28. The van der Waals surface area contributed by atoms with Crippen LogP contribution in [0.3, 0.4) is 0 Å². The molecule has 1 aromatic rings. The Hall–Kier alpha value is -0.320. The Labute approximate surface area is 85.9 Å². The number of nitrogens with zero attached hydrogens (tertiary/aromatic N) is 1. The van der Waals surface area contributed by atoms with Crippen LogP contribution in [0.4, 0.5) is 5.69 Å². The molecule has 12 heavy (non-hydrogen) atoms. The molecule has 1 aromatic heterocycles. The van der Waals surface area contributed by atoms with E-state index >= 15 is 0 Å². The maximum atomic E-state index is 4.53. The Morgan fingerprint density at radius 2 is 2.25 bits per heavy atom. The standard InChI is InChI=1S/C9H11IN2/c1-9(2)5-11-6-3-4-7(10)12-8(6)9/h3-4,11H,5H2,1-2H3. The number of halogens is 1. The van der Waals surface area contributed by atoms with Crippen molar-refractivity contribution in [2.24, 2.45) is 0 Å². The molecule has 64 valence electrons. The van der Waals surface area contributed by atoms with Gasteiger partial charge in [0, 0.05) is 12.0 Å². The SMILES string of the molecule is CC1(C)CNc2ccc(I)nc21. The topological polar surface area (TPSA) is 24.9 Å². The number of hydrogen-bond donors (Lipinski definition) is 1. The molecule has 2 nitrogen and oxygen atoms in total. The molecule has 0 radical (unpaired) electrons. The zero-order chi connectivity index (χ0) is 8.77. The minimum absolute atomic E-state index is 0.191. The van der Waals surface area contributed by atoms with Crippen LogP contribution < -0.4 is 5.32 Å². The highest BCUT2D eigenvalue weighted by atomic mass is 127. The van der Waals surface area contributed by atoms with Crippen LogP contribution in [0.15, 0.2) is 12.1 Å². The third kappa shape index (κ3) is 1.20. The smallest absolute Gasteiger partial charge is 0.101 e. The molecule has 0 aromatic carbocycles. The highest BCUT2D eigenvalue weighted by Crippen LogP contribution is 2.34. The van der Waals surface area contributed by atoms with Crippen LogP contribution in [-0.4, -0.2) is 11.5 Å². The average molecular weight is 274 g/mol. The summed E-state index contributed by atoms with van der Waals surface area (Å²) in [6.45, 7) is 5.43. The van der Waals surface area contributed by atoms with Crippen molar-refractivity contribution in [3.05, 3.63) is 21.5 Å². The molecule has 2 heterocycles. The maximum absolute atomic E-state index is 4.53. The maximum Gasteiger partial charge on any atom is 0.101 e. The van der Waals surface area contributed by atoms with Gasteiger partial charge in [-0.1, -0.05) is 13.8 Å². The zero-order valence-electron chi connectivity index (χ0n) is 7.19. The fraction of sp³-hybridized carbons (Fsp3) is 0.444. The Balaban J connectivity index is 2.57. The van der Waals surface area contributed by atoms with Crippen molar-refractivity contribution in [3.63, 3.8) is 0 Å². The van der Waals surface area contributed by atoms with Gasteiger partial charge in [-0.25, -0.2) is 4.98 Å². The van der Waals surface area contributed by atoms with Crippen LogP contribution in [0.1, 0.15) is 19.5 Å². The first-order chi connectivity index (χ1) is 5.59. The summed E-state index contributed by atoms with van der Waals surface area (Å²) in [5.74, 6) is 0. The van der Waals surface area contributed by atoms with Crippen molar-refractivity contribution in [2.75, 3.05) is 11.9 Å². The van der Waals surface area contributed by atoms with Gasteiger partial charge in [-0.05, 0) is 34.7 Å². The molecule has 3 heteroatoms. The van der Waals surface area contributed by atoms with Crippen LogP contribution in [0.5, 0.6) is 0 Å². The minimum atomic E-state index is 0.191. The number of pyridine rings is 1. The summed E-state index contributed by atoms with van der Waals surface area (Å²) in [4.78, 5) is 4.53. The van der Waals surface area contributed by atoms with Gasteiger partial charge in [0.15, 0.2) is 0 Å². The van der Waals surface area contributed by atoms with Gasteiger partial charge >= 0.3 is 0 Å². The van der Waals surface area contributed by atoms with E-state index in [1.165, 1.54) is 11.4 Å². The quantitative estimate of drug-likeness (QED) is 0.580. The Morgan fingerprint density at radius 1 is 1.50 bits per heavy atom. The molecule has 0 bridgehead atoms. The van der Waals surface area contributed by atoms with E-state index < -0.39 is 0 Å². The van der Waals surface area contributed by atoms with E-state index in [0.29, 0.717) is 0 Å². The van der Waals surface area contributed by atoms with Gasteiger partial charge in [-0.3, -0.25) is 0 Å². The molecule has 0 atom stereocenters. The fourth-order valence-electron chi connectivity index (χ4n) is 1.49. The van der Waals surface area contributed by atoms with Gasteiger partial charge in [0.25, 0.3) is 0 Å². The van der Waals surface area contributed by atoms with Crippen molar-refractivity contribution >= 4 is 28.3 Å². The van der Waals surface area contributed by atoms with E-state index in [1.54, 1.807) is 0 Å². The van der Waals surface area contributed by atoms with Gasteiger partial charge in [-0.15, -0.1) is 0 Å². The molecule has 0 spiro atoms. The number of rotatable bonds is 0. The Kier molecular flexibility index (Phi) is 1.78. The molecular formula is C9H11IN2. The first kappa shape index (κ1) is 8.29. The van der Waals surface area contributed by atoms with E-state index in [2.05, 4.69) is 52.8 Å². The second-order valence-corrected chi connectivity index (χ2v) is 4.87. The molecular weight excluding hydrogens is 263 g/mol. The van der Waals surface area contributed by atoms with Crippen LogP contribution in [0.2, 0.25) is 0 Å². The number of anilines is 1. The van der Waals surface area contributed by atoms with Gasteiger partial charge in [0.1, 0.15) is 3.70 Å². The van der Waals surface area contributed by atoms with E-state index in [4.69, 9.17) is 0 Å². The van der Waals surface area contributed by atoms with E-state index in [0.717, 1.165) is 10.2 Å². The van der Waals surface area contributed by atoms with E-state index in [9.17, 15) is 0 Å². The number of aromatic nitrogens is 1.